The summed E-state index contributed by atoms with van der Waals surface area (Å²) in [5.41, 5.74) is 0. The standard InChI is InChI=1S/C13H22BrN3/c1-9(2)16-6-5-11(8-16)13-15-7-12(14)17(13)10(3)4/h7,9-11H,5-6,8H2,1-4H3. The molecule has 0 aliphatic carbocycles. The van der Waals surface area contributed by atoms with E-state index in [4.69, 9.17) is 0 Å². The molecule has 1 aliphatic rings. The second-order valence-electron chi connectivity index (χ2n) is 5.48. The lowest BCUT2D eigenvalue weighted by Gasteiger charge is -2.21. The van der Waals surface area contributed by atoms with Crippen LogP contribution in [0.1, 0.15) is 51.9 Å². The van der Waals surface area contributed by atoms with E-state index in [9.17, 15) is 0 Å². The molecule has 4 heteroatoms. The normalized spacial score (nSPS) is 21.9. The molecule has 0 spiro atoms. The minimum Gasteiger partial charge on any atom is -0.320 e. The highest BCUT2D eigenvalue weighted by Gasteiger charge is 2.29. The summed E-state index contributed by atoms with van der Waals surface area (Å²) >= 11 is 3.60. The number of hydrogen-bond acceptors (Lipinski definition) is 2. The van der Waals surface area contributed by atoms with E-state index in [-0.39, 0.29) is 0 Å². The second-order valence-corrected chi connectivity index (χ2v) is 6.29. The summed E-state index contributed by atoms with van der Waals surface area (Å²) in [5.74, 6) is 1.83. The van der Waals surface area contributed by atoms with Crippen molar-refractivity contribution in [1.29, 1.82) is 0 Å². The zero-order chi connectivity index (χ0) is 12.6. The Labute approximate surface area is 112 Å². The quantitative estimate of drug-likeness (QED) is 0.853. The highest BCUT2D eigenvalue weighted by Crippen LogP contribution is 2.31. The average molecular weight is 300 g/mol. The van der Waals surface area contributed by atoms with Crippen LogP contribution in [0.4, 0.5) is 0 Å². The fraction of sp³-hybridized carbons (Fsp3) is 0.769. The number of hydrogen-bond donors (Lipinski definition) is 0. The van der Waals surface area contributed by atoms with Crippen molar-refractivity contribution in [2.24, 2.45) is 0 Å². The molecule has 1 aromatic heterocycles. The molecule has 2 rings (SSSR count). The zero-order valence-electron chi connectivity index (χ0n) is 11.2. The molecule has 96 valence electrons. The number of imidazole rings is 1. The highest BCUT2D eigenvalue weighted by atomic mass is 79.9. The Morgan fingerprint density at radius 1 is 1.29 bits per heavy atom. The molecule has 1 aromatic rings. The Morgan fingerprint density at radius 3 is 2.53 bits per heavy atom. The van der Waals surface area contributed by atoms with Gasteiger partial charge in [0, 0.05) is 24.5 Å². The van der Waals surface area contributed by atoms with Crippen LogP contribution in [0.25, 0.3) is 0 Å². The summed E-state index contributed by atoms with van der Waals surface area (Å²) in [6, 6.07) is 1.11. The van der Waals surface area contributed by atoms with Crippen LogP contribution in [0.5, 0.6) is 0 Å². The van der Waals surface area contributed by atoms with Crippen LogP contribution in [0, 0.1) is 0 Å². The molecule has 0 aromatic carbocycles. The third-order valence-corrected chi connectivity index (χ3v) is 4.20. The third-order valence-electron chi connectivity index (χ3n) is 3.61. The van der Waals surface area contributed by atoms with Gasteiger partial charge in [-0.05, 0) is 56.6 Å². The van der Waals surface area contributed by atoms with Gasteiger partial charge in [0.25, 0.3) is 0 Å². The first-order chi connectivity index (χ1) is 8.00. The van der Waals surface area contributed by atoms with Crippen molar-refractivity contribution < 1.29 is 0 Å². The molecular weight excluding hydrogens is 278 g/mol. The molecule has 0 N–H and O–H groups in total. The van der Waals surface area contributed by atoms with Crippen LogP contribution >= 0.6 is 15.9 Å². The maximum absolute atomic E-state index is 4.60. The van der Waals surface area contributed by atoms with Gasteiger partial charge in [-0.1, -0.05) is 0 Å². The lowest BCUT2D eigenvalue weighted by atomic mass is 10.1. The van der Waals surface area contributed by atoms with Crippen molar-refractivity contribution in [1.82, 2.24) is 14.5 Å². The van der Waals surface area contributed by atoms with Gasteiger partial charge in [0.05, 0.1) is 6.20 Å². The molecule has 0 amide bonds. The van der Waals surface area contributed by atoms with Gasteiger partial charge in [-0.2, -0.15) is 0 Å². The Morgan fingerprint density at radius 2 is 2.00 bits per heavy atom. The Bertz CT molecular complexity index is 384. The molecule has 0 bridgehead atoms. The maximum Gasteiger partial charge on any atom is 0.114 e. The van der Waals surface area contributed by atoms with E-state index in [1.807, 2.05) is 6.20 Å². The monoisotopic (exact) mass is 299 g/mol. The molecular formula is C13H22BrN3. The minimum absolute atomic E-state index is 0.468. The van der Waals surface area contributed by atoms with Crippen LogP contribution in [0.2, 0.25) is 0 Å². The zero-order valence-corrected chi connectivity index (χ0v) is 12.7. The topological polar surface area (TPSA) is 21.1 Å². The first kappa shape index (κ1) is 13.1. The van der Waals surface area contributed by atoms with E-state index in [1.54, 1.807) is 0 Å². The number of likely N-dealkylation sites (tertiary alicyclic amines) is 1. The third kappa shape index (κ3) is 2.58. The summed E-state index contributed by atoms with van der Waals surface area (Å²) in [6.07, 6.45) is 3.17. The van der Waals surface area contributed by atoms with E-state index in [0.717, 1.165) is 11.1 Å². The van der Waals surface area contributed by atoms with Crippen LogP contribution in [-0.2, 0) is 0 Å². The van der Waals surface area contributed by atoms with E-state index in [0.29, 0.717) is 18.0 Å². The molecule has 17 heavy (non-hydrogen) atoms. The van der Waals surface area contributed by atoms with Crippen molar-refractivity contribution in [3.63, 3.8) is 0 Å². The highest BCUT2D eigenvalue weighted by molar-refractivity contribution is 9.10. The van der Waals surface area contributed by atoms with E-state index >= 15 is 0 Å². The summed E-state index contributed by atoms with van der Waals surface area (Å²) in [4.78, 5) is 7.14. The molecule has 1 unspecified atom stereocenters. The van der Waals surface area contributed by atoms with Gasteiger partial charge in [0.15, 0.2) is 0 Å². The predicted molar refractivity (Wildman–Crippen MR) is 74.4 cm³/mol. The van der Waals surface area contributed by atoms with Gasteiger partial charge < -0.3 is 9.47 Å². The Kier molecular flexibility index (Phi) is 3.93. The molecule has 2 heterocycles. The lowest BCUT2D eigenvalue weighted by Crippen LogP contribution is -2.28. The first-order valence-electron chi connectivity index (χ1n) is 6.47. The summed E-state index contributed by atoms with van der Waals surface area (Å²) in [5, 5.41) is 0. The van der Waals surface area contributed by atoms with Gasteiger partial charge in [-0.25, -0.2) is 4.98 Å². The second kappa shape index (κ2) is 5.11. The first-order valence-corrected chi connectivity index (χ1v) is 7.26. The van der Waals surface area contributed by atoms with Crippen LogP contribution < -0.4 is 0 Å². The predicted octanol–water partition coefficient (Wildman–Crippen LogP) is 3.42. The molecule has 1 fully saturated rings. The van der Waals surface area contributed by atoms with E-state index in [1.165, 1.54) is 18.8 Å². The molecule has 3 nitrogen and oxygen atoms in total. The minimum atomic E-state index is 0.468. The smallest absolute Gasteiger partial charge is 0.114 e. The van der Waals surface area contributed by atoms with Crippen molar-refractivity contribution in [2.75, 3.05) is 13.1 Å². The fourth-order valence-corrected chi connectivity index (χ4v) is 3.33. The average Bonchev–Trinajstić information content (AvgIpc) is 2.82. The van der Waals surface area contributed by atoms with Gasteiger partial charge in [0.1, 0.15) is 10.4 Å². The van der Waals surface area contributed by atoms with Crippen molar-refractivity contribution in [3.8, 4) is 0 Å². The molecule has 1 atom stereocenters. The van der Waals surface area contributed by atoms with Crippen molar-refractivity contribution in [3.05, 3.63) is 16.6 Å². The molecule has 1 aliphatic heterocycles. The maximum atomic E-state index is 4.60. The number of nitrogens with zero attached hydrogens (tertiary/aromatic N) is 3. The van der Waals surface area contributed by atoms with Crippen LogP contribution in [0.3, 0.4) is 0 Å². The Hall–Kier alpha value is -0.350. The largest absolute Gasteiger partial charge is 0.320 e. The fourth-order valence-electron chi connectivity index (χ4n) is 2.63. The molecule has 0 radical (unpaired) electrons. The number of rotatable bonds is 3. The van der Waals surface area contributed by atoms with Crippen LogP contribution in [0.15, 0.2) is 10.8 Å². The lowest BCUT2D eigenvalue weighted by molar-refractivity contribution is 0.271. The van der Waals surface area contributed by atoms with Crippen molar-refractivity contribution in [2.45, 2.75) is 52.1 Å². The Balaban J connectivity index is 2.19. The van der Waals surface area contributed by atoms with Gasteiger partial charge in [-0.15, -0.1) is 0 Å². The molecule has 0 saturated carbocycles. The van der Waals surface area contributed by atoms with Gasteiger partial charge >= 0.3 is 0 Å². The van der Waals surface area contributed by atoms with E-state index < -0.39 is 0 Å². The number of aromatic nitrogens is 2. The van der Waals surface area contributed by atoms with Crippen molar-refractivity contribution >= 4 is 15.9 Å². The number of halogens is 1. The summed E-state index contributed by atoms with van der Waals surface area (Å²) in [7, 11) is 0. The van der Waals surface area contributed by atoms with Crippen LogP contribution in [-0.4, -0.2) is 33.6 Å². The van der Waals surface area contributed by atoms with Gasteiger partial charge in [0.2, 0.25) is 0 Å². The summed E-state index contributed by atoms with van der Waals surface area (Å²) in [6.45, 7) is 11.3. The van der Waals surface area contributed by atoms with Gasteiger partial charge in [-0.3, -0.25) is 0 Å². The SMILES string of the molecule is CC(C)N1CCC(c2ncc(Br)n2C(C)C)C1. The summed E-state index contributed by atoms with van der Waals surface area (Å²) < 4.78 is 3.42. The molecule has 1 saturated heterocycles. The van der Waals surface area contributed by atoms with E-state index in [2.05, 4.69) is 58.1 Å².